The monoisotopic (exact) mass is 509 g/mol. The quantitative estimate of drug-likeness (QED) is 0.489. The van der Waals surface area contributed by atoms with Crippen molar-refractivity contribution in [2.45, 2.75) is 63.5 Å². The van der Waals surface area contributed by atoms with Crippen LogP contribution in [0.2, 0.25) is 0 Å². The molecule has 2 heterocycles. The lowest BCUT2D eigenvalue weighted by molar-refractivity contribution is -0.139. The molecular formula is C28H32FN3O5. The number of methoxy groups -OCH3 is 2. The number of rotatable bonds is 6. The topological polar surface area (TPSA) is 93.9 Å². The van der Waals surface area contributed by atoms with Crippen molar-refractivity contribution in [3.8, 4) is 5.75 Å². The van der Waals surface area contributed by atoms with E-state index in [2.05, 4.69) is 0 Å². The van der Waals surface area contributed by atoms with E-state index in [0.717, 1.165) is 53.7 Å². The normalized spacial score (nSPS) is 16.9. The Labute approximate surface area is 215 Å². The molecular weight excluding hydrogens is 477 g/mol. The molecule has 1 aromatic heterocycles. The molecule has 1 aliphatic carbocycles. The van der Waals surface area contributed by atoms with Gasteiger partial charge in [0.1, 0.15) is 23.3 Å². The number of halogens is 1. The van der Waals surface area contributed by atoms with Gasteiger partial charge in [-0.25, -0.2) is 14.2 Å². The minimum atomic E-state index is -1.06. The third kappa shape index (κ3) is 4.74. The maximum atomic E-state index is 14.2. The van der Waals surface area contributed by atoms with E-state index in [1.54, 1.807) is 4.90 Å². The molecule has 2 aliphatic rings. The standard InChI is InChI=1S/C28H32FN3O5/c1-36-24-11-9-19(29)14-20(24)22(27(33)34)16-32-23-10-8-17-12-13-31(28(35)37-2)15-21(17)25(23)30-26(32)18-6-4-3-5-7-18/h8-11,14,18,22H,3-7,12-13,15-16H2,1-2H3,(H,33,34)/t22-/m1/s1. The SMILES string of the molecule is COC(=O)N1CCc2ccc3c(nc(C4CCCCC4)n3C[C@@H](C(=O)O)c3cc(F)ccc3OC)c2C1. The summed E-state index contributed by atoms with van der Waals surface area (Å²) in [5.74, 6) is -1.20. The van der Waals surface area contributed by atoms with Gasteiger partial charge in [0.2, 0.25) is 0 Å². The zero-order valence-electron chi connectivity index (χ0n) is 21.2. The molecule has 5 rings (SSSR count). The van der Waals surface area contributed by atoms with E-state index >= 15 is 0 Å². The Hall–Kier alpha value is -3.62. The summed E-state index contributed by atoms with van der Waals surface area (Å²) in [5.41, 5.74) is 4.02. The Balaban J connectivity index is 1.64. The average Bonchev–Trinajstić information content (AvgIpc) is 3.30. The predicted octanol–water partition coefficient (Wildman–Crippen LogP) is 5.22. The number of ether oxygens (including phenoxy) is 2. The molecule has 1 fully saturated rings. The number of carbonyl (C=O) groups is 2. The largest absolute Gasteiger partial charge is 0.496 e. The lowest BCUT2D eigenvalue weighted by Gasteiger charge is -2.27. The van der Waals surface area contributed by atoms with E-state index in [-0.39, 0.29) is 18.6 Å². The van der Waals surface area contributed by atoms with E-state index in [9.17, 15) is 19.1 Å². The fourth-order valence-electron chi connectivity index (χ4n) is 5.86. The van der Waals surface area contributed by atoms with Crippen LogP contribution in [0.5, 0.6) is 5.75 Å². The van der Waals surface area contributed by atoms with Crippen molar-refractivity contribution >= 4 is 23.1 Å². The molecule has 37 heavy (non-hydrogen) atoms. The number of amides is 1. The minimum absolute atomic E-state index is 0.0942. The Morgan fingerprint density at radius 3 is 2.65 bits per heavy atom. The number of hydrogen-bond acceptors (Lipinski definition) is 5. The highest BCUT2D eigenvalue weighted by Crippen LogP contribution is 2.38. The van der Waals surface area contributed by atoms with Gasteiger partial charge >= 0.3 is 12.1 Å². The van der Waals surface area contributed by atoms with Crippen molar-refractivity contribution in [1.82, 2.24) is 14.5 Å². The second-order valence-corrected chi connectivity index (χ2v) is 9.91. The molecule has 2 aromatic carbocycles. The fourth-order valence-corrected chi connectivity index (χ4v) is 5.86. The van der Waals surface area contributed by atoms with Gasteiger partial charge in [0, 0.05) is 30.1 Å². The number of imidazole rings is 1. The highest BCUT2D eigenvalue weighted by Gasteiger charge is 2.31. The maximum absolute atomic E-state index is 14.2. The number of aromatic nitrogens is 2. The molecule has 9 heteroatoms. The number of carboxylic acids is 1. The van der Waals surface area contributed by atoms with Crippen LogP contribution in [0.25, 0.3) is 11.0 Å². The molecule has 1 N–H and O–H groups in total. The van der Waals surface area contributed by atoms with Gasteiger partial charge in [0.15, 0.2) is 0 Å². The number of fused-ring (bicyclic) bond motifs is 3. The molecule has 0 saturated heterocycles. The minimum Gasteiger partial charge on any atom is -0.496 e. The Bertz CT molecular complexity index is 1330. The van der Waals surface area contributed by atoms with Gasteiger partial charge in [-0.05, 0) is 49.1 Å². The summed E-state index contributed by atoms with van der Waals surface area (Å²) in [7, 11) is 2.83. The van der Waals surface area contributed by atoms with E-state index in [1.807, 2.05) is 16.7 Å². The summed E-state index contributed by atoms with van der Waals surface area (Å²) >= 11 is 0. The van der Waals surface area contributed by atoms with Crippen LogP contribution < -0.4 is 4.74 Å². The number of benzene rings is 2. The van der Waals surface area contributed by atoms with Crippen molar-refractivity contribution in [2.75, 3.05) is 20.8 Å². The van der Waals surface area contributed by atoms with E-state index in [1.165, 1.54) is 38.8 Å². The highest BCUT2D eigenvalue weighted by molar-refractivity contribution is 5.83. The van der Waals surface area contributed by atoms with Crippen LogP contribution in [0.1, 0.15) is 66.5 Å². The third-order valence-corrected chi connectivity index (χ3v) is 7.79. The summed E-state index contributed by atoms with van der Waals surface area (Å²) < 4.78 is 26.6. The fraction of sp³-hybridized carbons (Fsp3) is 0.464. The Morgan fingerprint density at radius 2 is 1.95 bits per heavy atom. The molecule has 0 radical (unpaired) electrons. The average molecular weight is 510 g/mol. The van der Waals surface area contributed by atoms with Crippen LogP contribution in [0.4, 0.5) is 9.18 Å². The predicted molar refractivity (Wildman–Crippen MR) is 135 cm³/mol. The number of carboxylic acid groups (broad SMARTS) is 1. The molecule has 3 aromatic rings. The third-order valence-electron chi connectivity index (χ3n) is 7.79. The van der Waals surface area contributed by atoms with Gasteiger partial charge in [0.25, 0.3) is 0 Å². The number of carbonyl (C=O) groups excluding carboxylic acids is 1. The first-order chi connectivity index (χ1) is 17.9. The number of nitrogens with zero attached hydrogens (tertiary/aromatic N) is 3. The zero-order valence-corrected chi connectivity index (χ0v) is 21.2. The molecule has 0 unspecified atom stereocenters. The van der Waals surface area contributed by atoms with Gasteiger partial charge < -0.3 is 24.0 Å². The first-order valence-corrected chi connectivity index (χ1v) is 12.8. The van der Waals surface area contributed by atoms with Gasteiger partial charge in [-0.1, -0.05) is 25.3 Å². The molecule has 1 saturated carbocycles. The first kappa shape index (κ1) is 25.0. The smallest absolute Gasteiger partial charge is 0.409 e. The van der Waals surface area contributed by atoms with Crippen LogP contribution in [-0.4, -0.2) is 52.4 Å². The van der Waals surface area contributed by atoms with Crippen LogP contribution in [0.3, 0.4) is 0 Å². The van der Waals surface area contributed by atoms with Gasteiger partial charge in [-0.2, -0.15) is 0 Å². The number of aliphatic carboxylic acids is 1. The summed E-state index contributed by atoms with van der Waals surface area (Å²) in [6, 6.07) is 8.02. The summed E-state index contributed by atoms with van der Waals surface area (Å²) in [5, 5.41) is 10.3. The zero-order chi connectivity index (χ0) is 26.1. The second kappa shape index (κ2) is 10.4. The van der Waals surface area contributed by atoms with Gasteiger partial charge in [0.05, 0.1) is 31.8 Å². The van der Waals surface area contributed by atoms with Crippen molar-refractivity contribution in [1.29, 1.82) is 0 Å². The van der Waals surface area contributed by atoms with E-state index in [0.29, 0.717) is 30.8 Å². The molecule has 196 valence electrons. The lowest BCUT2D eigenvalue weighted by Crippen LogP contribution is -2.35. The van der Waals surface area contributed by atoms with E-state index in [4.69, 9.17) is 14.5 Å². The van der Waals surface area contributed by atoms with Crippen LogP contribution in [0.15, 0.2) is 30.3 Å². The highest BCUT2D eigenvalue weighted by atomic mass is 19.1. The van der Waals surface area contributed by atoms with Gasteiger partial charge in [-0.15, -0.1) is 0 Å². The Morgan fingerprint density at radius 1 is 1.16 bits per heavy atom. The van der Waals surface area contributed by atoms with Crippen molar-refractivity contribution < 1.29 is 28.6 Å². The number of hydrogen-bond donors (Lipinski definition) is 1. The summed E-state index contributed by atoms with van der Waals surface area (Å²) in [4.78, 5) is 31.6. The molecule has 8 nitrogen and oxygen atoms in total. The first-order valence-electron chi connectivity index (χ1n) is 12.8. The summed E-state index contributed by atoms with van der Waals surface area (Å²) in [6.45, 7) is 1.05. The van der Waals surface area contributed by atoms with Crippen LogP contribution >= 0.6 is 0 Å². The molecule has 1 aliphatic heterocycles. The molecule has 1 amide bonds. The lowest BCUT2D eigenvalue weighted by atomic mass is 9.88. The van der Waals surface area contributed by atoms with Crippen LogP contribution in [0, 0.1) is 5.82 Å². The Kier molecular flexibility index (Phi) is 7.04. The van der Waals surface area contributed by atoms with Crippen molar-refractivity contribution in [3.63, 3.8) is 0 Å². The molecule has 1 atom stereocenters. The van der Waals surface area contributed by atoms with Gasteiger partial charge in [-0.3, -0.25) is 4.79 Å². The second-order valence-electron chi connectivity index (χ2n) is 9.91. The molecule has 0 bridgehead atoms. The van der Waals surface area contributed by atoms with Crippen molar-refractivity contribution in [2.24, 2.45) is 0 Å². The van der Waals surface area contributed by atoms with E-state index < -0.39 is 17.7 Å². The maximum Gasteiger partial charge on any atom is 0.409 e. The molecule has 0 spiro atoms. The van der Waals surface area contributed by atoms with Crippen LogP contribution in [-0.2, 0) is 29.0 Å². The summed E-state index contributed by atoms with van der Waals surface area (Å²) in [6.07, 6.45) is 5.67. The van der Waals surface area contributed by atoms with Crippen molar-refractivity contribution in [3.05, 3.63) is 58.7 Å².